The van der Waals surface area contributed by atoms with Crippen LogP contribution in [0.3, 0.4) is 0 Å². The molecular weight excluding hydrogens is 240 g/mol. The first-order valence-corrected chi connectivity index (χ1v) is 6.74. The number of ether oxygens (including phenoxy) is 1. The molecule has 2 aliphatic heterocycles. The smallest absolute Gasteiger partial charge is 0.410 e. The summed E-state index contributed by atoms with van der Waals surface area (Å²) >= 11 is 0. The van der Waals surface area contributed by atoms with E-state index in [1.165, 1.54) is 0 Å². The third-order valence-corrected chi connectivity index (χ3v) is 4.02. The van der Waals surface area contributed by atoms with Crippen molar-refractivity contribution in [3.63, 3.8) is 0 Å². The maximum Gasteiger partial charge on any atom is 0.410 e. The first-order valence-electron chi connectivity index (χ1n) is 6.74. The minimum absolute atomic E-state index is 0.179. The number of piperidine rings is 1. The fourth-order valence-corrected chi connectivity index (χ4v) is 2.84. The summed E-state index contributed by atoms with van der Waals surface area (Å²) in [6.45, 7) is 3.13. The van der Waals surface area contributed by atoms with Crippen LogP contribution < -0.4 is 0 Å². The van der Waals surface area contributed by atoms with Crippen molar-refractivity contribution >= 4 is 6.09 Å². The highest BCUT2D eigenvalue weighted by atomic mass is 16.6. The number of rotatable bonds is 2. The van der Waals surface area contributed by atoms with E-state index in [1.807, 2.05) is 40.1 Å². The van der Waals surface area contributed by atoms with E-state index >= 15 is 0 Å². The van der Waals surface area contributed by atoms with Crippen molar-refractivity contribution < 1.29 is 9.53 Å². The Morgan fingerprint density at radius 1 is 1.21 bits per heavy atom. The van der Waals surface area contributed by atoms with Gasteiger partial charge in [0.05, 0.1) is 6.54 Å². The number of carbonyl (C=O) groups excluding carboxylic acids is 1. The van der Waals surface area contributed by atoms with Gasteiger partial charge in [0, 0.05) is 6.54 Å². The molecule has 2 saturated heterocycles. The van der Waals surface area contributed by atoms with Crippen LogP contribution in [0, 0.1) is 7.05 Å². The Bertz CT molecular complexity index is 452. The van der Waals surface area contributed by atoms with Gasteiger partial charge in [-0.25, -0.2) is 4.79 Å². The van der Waals surface area contributed by atoms with E-state index in [2.05, 4.69) is 7.05 Å². The molecule has 0 radical (unpaired) electrons. The van der Waals surface area contributed by atoms with Crippen molar-refractivity contribution in [2.45, 2.75) is 25.0 Å². The van der Waals surface area contributed by atoms with E-state index in [4.69, 9.17) is 4.74 Å². The normalized spacial score (nSPS) is 22.8. The molecule has 1 aromatic carbocycles. The summed E-state index contributed by atoms with van der Waals surface area (Å²) in [4.78, 5) is 15.9. The Kier molecular flexibility index (Phi) is 3.19. The number of amides is 1. The highest BCUT2D eigenvalue weighted by Crippen LogP contribution is 2.33. The predicted molar refractivity (Wildman–Crippen MR) is 72.2 cm³/mol. The zero-order valence-corrected chi connectivity index (χ0v) is 11.0. The molecule has 1 amide bonds. The second-order valence-corrected chi connectivity index (χ2v) is 5.51. The molecule has 0 N–H and O–H groups in total. The molecule has 1 spiro atoms. The molecule has 4 nitrogen and oxygen atoms in total. The maximum atomic E-state index is 12.0. The van der Waals surface area contributed by atoms with E-state index in [9.17, 15) is 4.79 Å². The van der Waals surface area contributed by atoms with Gasteiger partial charge in [-0.1, -0.05) is 30.3 Å². The molecule has 0 unspecified atom stereocenters. The van der Waals surface area contributed by atoms with E-state index < -0.39 is 0 Å². The van der Waals surface area contributed by atoms with Crippen molar-refractivity contribution in [3.8, 4) is 0 Å². The van der Waals surface area contributed by atoms with Gasteiger partial charge in [-0.15, -0.1) is 0 Å². The molecule has 0 aromatic heterocycles. The second-order valence-electron chi connectivity index (χ2n) is 5.51. The molecule has 4 heteroatoms. The van der Waals surface area contributed by atoms with Gasteiger partial charge in [0.15, 0.2) is 0 Å². The van der Waals surface area contributed by atoms with Crippen molar-refractivity contribution in [3.05, 3.63) is 42.9 Å². The lowest BCUT2D eigenvalue weighted by atomic mass is 9.91. The van der Waals surface area contributed by atoms with Gasteiger partial charge in [-0.2, -0.15) is 0 Å². The largest absolute Gasteiger partial charge is 0.459 e. The van der Waals surface area contributed by atoms with Crippen LogP contribution in [0.1, 0.15) is 18.4 Å². The zero-order valence-electron chi connectivity index (χ0n) is 11.0. The Hall–Kier alpha value is -1.55. The molecular formula is C15H19N2O2-. The number of likely N-dealkylation sites (tertiary alicyclic amines) is 1. The van der Waals surface area contributed by atoms with Gasteiger partial charge in [-0.05, 0) is 31.5 Å². The van der Waals surface area contributed by atoms with E-state index in [0.717, 1.165) is 31.5 Å². The average Bonchev–Trinajstić information content (AvgIpc) is 2.71. The summed E-state index contributed by atoms with van der Waals surface area (Å²) in [5, 5.41) is 0. The summed E-state index contributed by atoms with van der Waals surface area (Å²) in [7, 11) is 3.94. The van der Waals surface area contributed by atoms with Gasteiger partial charge in [-0.3, -0.25) is 11.9 Å². The number of hydrogen-bond donors (Lipinski definition) is 0. The molecule has 3 rings (SSSR count). The quantitative estimate of drug-likeness (QED) is 0.764. The first kappa shape index (κ1) is 12.5. The van der Waals surface area contributed by atoms with Crippen LogP contribution in [-0.2, 0) is 11.3 Å². The predicted octanol–water partition coefficient (Wildman–Crippen LogP) is 2.26. The van der Waals surface area contributed by atoms with Gasteiger partial charge < -0.3 is 9.64 Å². The van der Waals surface area contributed by atoms with Gasteiger partial charge in [0.2, 0.25) is 0 Å². The monoisotopic (exact) mass is 259 g/mol. The molecule has 1 aromatic rings. The second kappa shape index (κ2) is 4.85. The minimum Gasteiger partial charge on any atom is -0.459 e. The highest BCUT2D eigenvalue weighted by molar-refractivity contribution is 5.70. The fourth-order valence-electron chi connectivity index (χ4n) is 2.84. The van der Waals surface area contributed by atoms with Crippen LogP contribution in [0.2, 0.25) is 0 Å². The Morgan fingerprint density at radius 2 is 1.89 bits per heavy atom. The molecule has 2 heterocycles. The van der Waals surface area contributed by atoms with Crippen LogP contribution in [-0.4, -0.2) is 41.1 Å². The third-order valence-electron chi connectivity index (χ3n) is 4.02. The first-order chi connectivity index (χ1) is 9.17. The summed E-state index contributed by atoms with van der Waals surface area (Å²) in [5.41, 5.74) is 0.867. The van der Waals surface area contributed by atoms with Crippen molar-refractivity contribution in [1.82, 2.24) is 9.80 Å². The molecule has 19 heavy (non-hydrogen) atoms. The lowest BCUT2D eigenvalue weighted by molar-refractivity contribution is 0.0102. The highest BCUT2D eigenvalue weighted by Gasteiger charge is 2.45. The van der Waals surface area contributed by atoms with Crippen molar-refractivity contribution in [1.29, 1.82) is 0 Å². The Morgan fingerprint density at radius 3 is 2.58 bits per heavy atom. The van der Waals surface area contributed by atoms with Crippen molar-refractivity contribution in [2.75, 3.05) is 19.6 Å². The molecule has 2 fully saturated rings. The summed E-state index contributed by atoms with van der Waals surface area (Å²) in [6, 6.07) is 10.0. The van der Waals surface area contributed by atoms with Gasteiger partial charge in [0.25, 0.3) is 0 Å². The Labute approximate surface area is 113 Å². The van der Waals surface area contributed by atoms with Crippen LogP contribution in [0.5, 0.6) is 0 Å². The lowest BCUT2D eigenvalue weighted by Gasteiger charge is -2.39. The average molecular weight is 259 g/mol. The molecule has 2 aliphatic rings. The lowest BCUT2D eigenvalue weighted by Crippen LogP contribution is -2.44. The zero-order chi connectivity index (χ0) is 13.3. The van der Waals surface area contributed by atoms with E-state index in [-0.39, 0.29) is 11.7 Å². The number of hydrogen-bond acceptors (Lipinski definition) is 3. The van der Waals surface area contributed by atoms with Crippen LogP contribution in [0.4, 0.5) is 4.79 Å². The van der Waals surface area contributed by atoms with E-state index in [1.54, 1.807) is 0 Å². The SMILES string of the molecule is [CH2-]N1CCC2(CC1)CN(Cc1ccccc1)C(=O)O2. The molecule has 102 valence electrons. The minimum atomic E-state index is -0.278. The van der Waals surface area contributed by atoms with Gasteiger partial charge in [0.1, 0.15) is 5.60 Å². The summed E-state index contributed by atoms with van der Waals surface area (Å²) in [5.74, 6) is 0. The molecule has 0 atom stereocenters. The summed E-state index contributed by atoms with van der Waals surface area (Å²) in [6.07, 6.45) is 1.59. The van der Waals surface area contributed by atoms with Gasteiger partial charge >= 0.3 is 6.09 Å². The van der Waals surface area contributed by atoms with Crippen molar-refractivity contribution in [2.24, 2.45) is 0 Å². The van der Waals surface area contributed by atoms with Crippen LogP contribution in [0.25, 0.3) is 0 Å². The molecule has 0 aliphatic carbocycles. The van der Waals surface area contributed by atoms with E-state index in [0.29, 0.717) is 13.1 Å². The standard InChI is InChI=1S/C15H19N2O2/c1-16-9-7-15(8-10-16)12-17(14(18)19-15)11-13-5-3-2-4-6-13/h2-6H,1,7-12H2/q-1. The fraction of sp³-hybridized carbons (Fsp3) is 0.467. The molecule has 0 saturated carbocycles. The number of carbonyl (C=O) groups is 1. The number of nitrogens with zero attached hydrogens (tertiary/aromatic N) is 2. The third kappa shape index (κ3) is 2.59. The number of benzene rings is 1. The van der Waals surface area contributed by atoms with Crippen LogP contribution >= 0.6 is 0 Å². The Balaban J connectivity index is 1.67. The topological polar surface area (TPSA) is 32.8 Å². The molecule has 0 bridgehead atoms. The summed E-state index contributed by atoms with van der Waals surface area (Å²) < 4.78 is 5.66. The van der Waals surface area contributed by atoms with Crippen LogP contribution in [0.15, 0.2) is 30.3 Å². The maximum absolute atomic E-state index is 12.0.